The second kappa shape index (κ2) is 4.68. The molecule has 0 aromatic carbocycles. The molecule has 4 nitrogen and oxygen atoms in total. The first kappa shape index (κ1) is 10.5. The molecule has 0 aliphatic carbocycles. The van der Waals surface area contributed by atoms with Crippen molar-refractivity contribution in [2.24, 2.45) is 0 Å². The van der Waals surface area contributed by atoms with E-state index in [1.165, 1.54) is 0 Å². The zero-order valence-electron chi connectivity index (χ0n) is 8.57. The van der Waals surface area contributed by atoms with E-state index in [9.17, 15) is 0 Å². The summed E-state index contributed by atoms with van der Waals surface area (Å²) in [4.78, 5) is 6.18. The Bertz CT molecular complexity index is 340. The Labute approximate surface area is 93.8 Å². The molecule has 1 fully saturated rings. The molecule has 0 N–H and O–H groups in total. The number of hydrogen-bond acceptors (Lipinski definition) is 4. The summed E-state index contributed by atoms with van der Waals surface area (Å²) in [6, 6.07) is 1.83. The van der Waals surface area contributed by atoms with Gasteiger partial charge in [0.2, 0.25) is 0 Å². The van der Waals surface area contributed by atoms with Crippen LogP contribution in [0.2, 0.25) is 5.15 Å². The molecule has 1 aromatic heterocycles. The summed E-state index contributed by atoms with van der Waals surface area (Å²) >= 11 is 5.87. The second-order valence-electron chi connectivity index (χ2n) is 3.28. The minimum atomic E-state index is 0.484. The van der Waals surface area contributed by atoms with Crippen LogP contribution in [0.5, 0.6) is 5.75 Å². The third-order valence-electron chi connectivity index (χ3n) is 2.39. The van der Waals surface area contributed by atoms with E-state index in [0.717, 1.165) is 37.7 Å². The molecule has 0 bridgehead atoms. The predicted molar refractivity (Wildman–Crippen MR) is 58.8 cm³/mol. The molecule has 0 atom stereocenters. The number of nitrogens with zero attached hydrogens (tertiary/aromatic N) is 2. The maximum Gasteiger partial charge on any atom is 0.160 e. The Morgan fingerprint density at radius 1 is 1.47 bits per heavy atom. The van der Waals surface area contributed by atoms with Gasteiger partial charge in [-0.2, -0.15) is 0 Å². The van der Waals surface area contributed by atoms with Crippen molar-refractivity contribution in [1.29, 1.82) is 0 Å². The number of aromatic nitrogens is 1. The van der Waals surface area contributed by atoms with E-state index in [0.29, 0.717) is 5.15 Å². The van der Waals surface area contributed by atoms with Crippen LogP contribution < -0.4 is 9.64 Å². The Hall–Kier alpha value is -1.00. The smallest absolute Gasteiger partial charge is 0.160 e. The number of ether oxygens (including phenoxy) is 2. The van der Waals surface area contributed by atoms with Crippen molar-refractivity contribution in [3.63, 3.8) is 0 Å². The average molecular weight is 229 g/mol. The lowest BCUT2D eigenvalue weighted by Crippen LogP contribution is -2.36. The Morgan fingerprint density at radius 2 is 2.20 bits per heavy atom. The fraction of sp³-hybridized carbons (Fsp3) is 0.500. The molecule has 5 heteroatoms. The highest BCUT2D eigenvalue weighted by Crippen LogP contribution is 2.29. The van der Waals surface area contributed by atoms with Crippen LogP contribution in [0.3, 0.4) is 0 Å². The van der Waals surface area contributed by atoms with Gasteiger partial charge in [-0.05, 0) is 0 Å². The van der Waals surface area contributed by atoms with E-state index in [2.05, 4.69) is 9.88 Å². The lowest BCUT2D eigenvalue weighted by molar-refractivity contribution is 0.122. The Balaban J connectivity index is 2.27. The van der Waals surface area contributed by atoms with Gasteiger partial charge in [0.15, 0.2) is 5.75 Å². The van der Waals surface area contributed by atoms with Crippen LogP contribution in [-0.4, -0.2) is 38.4 Å². The Morgan fingerprint density at radius 3 is 2.87 bits per heavy atom. The lowest BCUT2D eigenvalue weighted by atomic mass is 10.3. The van der Waals surface area contributed by atoms with Gasteiger partial charge in [0.25, 0.3) is 0 Å². The molecule has 2 rings (SSSR count). The molecule has 0 saturated carbocycles. The van der Waals surface area contributed by atoms with E-state index in [-0.39, 0.29) is 0 Å². The number of pyridine rings is 1. The van der Waals surface area contributed by atoms with E-state index < -0.39 is 0 Å². The van der Waals surface area contributed by atoms with E-state index in [1.807, 2.05) is 6.07 Å². The number of halogens is 1. The molecule has 1 aliphatic rings. The van der Waals surface area contributed by atoms with Gasteiger partial charge in [-0.1, -0.05) is 11.6 Å². The fourth-order valence-electron chi connectivity index (χ4n) is 1.62. The molecular weight excluding hydrogens is 216 g/mol. The van der Waals surface area contributed by atoms with Crippen LogP contribution in [0.1, 0.15) is 0 Å². The Kier molecular flexibility index (Phi) is 3.28. The molecule has 15 heavy (non-hydrogen) atoms. The monoisotopic (exact) mass is 228 g/mol. The quantitative estimate of drug-likeness (QED) is 0.720. The zero-order chi connectivity index (χ0) is 10.7. The summed E-state index contributed by atoms with van der Waals surface area (Å²) in [7, 11) is 1.63. The summed E-state index contributed by atoms with van der Waals surface area (Å²) in [6.07, 6.45) is 1.65. The van der Waals surface area contributed by atoms with Crippen LogP contribution in [0.4, 0.5) is 5.69 Å². The number of morpholine rings is 1. The van der Waals surface area contributed by atoms with Gasteiger partial charge < -0.3 is 14.4 Å². The molecule has 0 spiro atoms. The number of hydrogen-bond donors (Lipinski definition) is 0. The molecule has 1 aliphatic heterocycles. The van der Waals surface area contributed by atoms with Crippen LogP contribution in [-0.2, 0) is 4.74 Å². The number of anilines is 1. The largest absolute Gasteiger partial charge is 0.493 e. The van der Waals surface area contributed by atoms with Gasteiger partial charge >= 0.3 is 0 Å². The van der Waals surface area contributed by atoms with Crippen molar-refractivity contribution in [2.45, 2.75) is 0 Å². The standard InChI is InChI=1S/C10H13ClN2O2/c1-14-9-7-12-10(11)6-8(9)13-2-4-15-5-3-13/h6-7H,2-5H2,1H3. The predicted octanol–water partition coefficient (Wildman–Crippen LogP) is 1.58. The highest BCUT2D eigenvalue weighted by Gasteiger charge is 2.16. The first-order chi connectivity index (χ1) is 7.31. The van der Waals surface area contributed by atoms with Gasteiger partial charge in [0.05, 0.1) is 32.2 Å². The van der Waals surface area contributed by atoms with Crippen molar-refractivity contribution in [3.8, 4) is 5.75 Å². The minimum Gasteiger partial charge on any atom is -0.493 e. The van der Waals surface area contributed by atoms with Crippen LogP contribution >= 0.6 is 11.6 Å². The van der Waals surface area contributed by atoms with Gasteiger partial charge in [-0.25, -0.2) is 4.98 Å². The van der Waals surface area contributed by atoms with Crippen molar-refractivity contribution in [2.75, 3.05) is 38.3 Å². The van der Waals surface area contributed by atoms with Gasteiger partial charge in [0.1, 0.15) is 5.15 Å². The van der Waals surface area contributed by atoms with Crippen LogP contribution in [0.15, 0.2) is 12.3 Å². The van der Waals surface area contributed by atoms with Crippen molar-refractivity contribution in [1.82, 2.24) is 4.98 Å². The number of rotatable bonds is 2. The van der Waals surface area contributed by atoms with Crippen molar-refractivity contribution in [3.05, 3.63) is 17.4 Å². The molecule has 82 valence electrons. The van der Waals surface area contributed by atoms with Gasteiger partial charge in [-0.15, -0.1) is 0 Å². The first-order valence-electron chi connectivity index (χ1n) is 4.83. The molecule has 0 unspecified atom stereocenters. The van der Waals surface area contributed by atoms with Crippen molar-refractivity contribution < 1.29 is 9.47 Å². The maximum absolute atomic E-state index is 5.87. The zero-order valence-corrected chi connectivity index (χ0v) is 9.33. The molecule has 0 amide bonds. The topological polar surface area (TPSA) is 34.6 Å². The average Bonchev–Trinajstić information content (AvgIpc) is 2.30. The first-order valence-corrected chi connectivity index (χ1v) is 5.21. The maximum atomic E-state index is 5.87. The molecule has 1 saturated heterocycles. The van der Waals surface area contributed by atoms with Crippen LogP contribution in [0.25, 0.3) is 0 Å². The molecule has 0 radical (unpaired) electrons. The molecular formula is C10H13ClN2O2. The molecule has 2 heterocycles. The highest BCUT2D eigenvalue weighted by atomic mass is 35.5. The summed E-state index contributed by atoms with van der Waals surface area (Å²) in [6.45, 7) is 3.19. The third kappa shape index (κ3) is 2.33. The highest BCUT2D eigenvalue weighted by molar-refractivity contribution is 6.29. The van der Waals surface area contributed by atoms with Gasteiger partial charge in [-0.3, -0.25) is 0 Å². The van der Waals surface area contributed by atoms with E-state index in [4.69, 9.17) is 21.1 Å². The molecule has 1 aromatic rings. The van der Waals surface area contributed by atoms with E-state index >= 15 is 0 Å². The lowest BCUT2D eigenvalue weighted by Gasteiger charge is -2.29. The number of methoxy groups -OCH3 is 1. The van der Waals surface area contributed by atoms with Gasteiger partial charge in [0, 0.05) is 19.2 Å². The SMILES string of the molecule is COc1cnc(Cl)cc1N1CCOCC1. The minimum absolute atomic E-state index is 0.484. The fourth-order valence-corrected chi connectivity index (χ4v) is 1.77. The van der Waals surface area contributed by atoms with Crippen molar-refractivity contribution >= 4 is 17.3 Å². The third-order valence-corrected chi connectivity index (χ3v) is 2.59. The van der Waals surface area contributed by atoms with Crippen LogP contribution in [0, 0.1) is 0 Å². The second-order valence-corrected chi connectivity index (χ2v) is 3.67. The normalized spacial score (nSPS) is 16.5. The summed E-state index contributed by atoms with van der Waals surface area (Å²) in [5.74, 6) is 0.751. The van der Waals surface area contributed by atoms with E-state index in [1.54, 1.807) is 13.3 Å². The summed E-state index contributed by atoms with van der Waals surface area (Å²) in [5.41, 5.74) is 0.987. The summed E-state index contributed by atoms with van der Waals surface area (Å²) < 4.78 is 10.5. The summed E-state index contributed by atoms with van der Waals surface area (Å²) in [5, 5.41) is 0.484.